The summed E-state index contributed by atoms with van der Waals surface area (Å²) in [6.45, 7) is 1.86. The maximum absolute atomic E-state index is 14.3. The monoisotopic (exact) mass is 547 g/mol. The minimum atomic E-state index is -0.535. The molecule has 1 atom stereocenters. The Kier molecular flexibility index (Phi) is 6.38. The molecule has 6 aromatic rings. The minimum absolute atomic E-state index is 0.231. The number of H-pyrrole nitrogens is 1. The van der Waals surface area contributed by atoms with Gasteiger partial charge in [-0.1, -0.05) is 53.8 Å². The summed E-state index contributed by atoms with van der Waals surface area (Å²) in [6, 6.07) is 15.6. The molecule has 2 aromatic carbocycles. The lowest BCUT2D eigenvalue weighted by Gasteiger charge is -2.23. The second kappa shape index (κ2) is 10.2. The molecule has 0 unspecified atom stereocenters. The Bertz CT molecular complexity index is 2080. The smallest absolute Gasteiger partial charge is 0.264 e. The van der Waals surface area contributed by atoms with Gasteiger partial charge < -0.3 is 10.3 Å². The summed E-state index contributed by atoms with van der Waals surface area (Å²) < 4.78 is 3.26. The Morgan fingerprint density at radius 1 is 1.00 bits per heavy atom. The Morgan fingerprint density at radius 2 is 1.82 bits per heavy atom. The van der Waals surface area contributed by atoms with Crippen LogP contribution in [-0.4, -0.2) is 29.3 Å². The van der Waals surface area contributed by atoms with Crippen molar-refractivity contribution in [3.05, 3.63) is 122 Å². The van der Waals surface area contributed by atoms with Crippen LogP contribution in [0.5, 0.6) is 0 Å². The van der Waals surface area contributed by atoms with E-state index >= 15 is 0 Å². The molecule has 0 aliphatic heterocycles. The fourth-order valence-corrected chi connectivity index (χ4v) is 5.17. The fourth-order valence-electron chi connectivity index (χ4n) is 4.76. The molecule has 10 heteroatoms. The molecule has 0 bridgehead atoms. The Labute approximate surface area is 233 Å². The molecule has 40 heavy (non-hydrogen) atoms. The number of nitrogens with zero attached hydrogens (tertiary/aromatic N) is 5. The third-order valence-electron chi connectivity index (χ3n) is 6.56. The van der Waals surface area contributed by atoms with Crippen molar-refractivity contribution >= 4 is 39.2 Å². The quantitative estimate of drug-likeness (QED) is 0.313. The van der Waals surface area contributed by atoms with E-state index in [1.165, 1.54) is 18.6 Å². The maximum Gasteiger partial charge on any atom is 0.264 e. The number of halogens is 1. The van der Waals surface area contributed by atoms with Crippen molar-refractivity contribution in [2.24, 2.45) is 7.05 Å². The molecule has 0 saturated carbocycles. The van der Waals surface area contributed by atoms with Crippen molar-refractivity contribution in [1.82, 2.24) is 29.3 Å². The molecule has 0 aliphatic carbocycles. The number of aromatic amines is 1. The fraction of sp³-hybridized carbons (Fsp3) is 0.100. The zero-order valence-corrected chi connectivity index (χ0v) is 22.3. The zero-order chi connectivity index (χ0) is 27.8. The number of fused-ring (bicyclic) bond motifs is 2. The highest BCUT2D eigenvalue weighted by Gasteiger charge is 2.23. The second-order valence-corrected chi connectivity index (χ2v) is 9.59. The van der Waals surface area contributed by atoms with E-state index in [9.17, 15) is 9.59 Å². The number of benzene rings is 2. The van der Waals surface area contributed by atoms with E-state index in [1.807, 2.05) is 56.4 Å². The average Bonchev–Trinajstić information content (AvgIpc) is 3.39. The first kappa shape index (κ1) is 25.1. The molecule has 0 saturated heterocycles. The van der Waals surface area contributed by atoms with E-state index in [-0.39, 0.29) is 11.0 Å². The van der Waals surface area contributed by atoms with Crippen molar-refractivity contribution in [3.8, 4) is 17.5 Å². The third-order valence-corrected chi connectivity index (χ3v) is 6.95. The minimum Gasteiger partial charge on any atom is -0.361 e. The topological polar surface area (TPSA) is 110 Å². The van der Waals surface area contributed by atoms with Gasteiger partial charge >= 0.3 is 0 Å². The predicted molar refractivity (Wildman–Crippen MR) is 156 cm³/mol. The van der Waals surface area contributed by atoms with Gasteiger partial charge in [-0.05, 0) is 25.1 Å². The first-order chi connectivity index (χ1) is 19.4. The molecular formula is C30H22ClN7O2. The molecular weight excluding hydrogens is 526 g/mol. The zero-order valence-electron chi connectivity index (χ0n) is 21.5. The van der Waals surface area contributed by atoms with Gasteiger partial charge in [0, 0.05) is 42.1 Å². The largest absolute Gasteiger partial charge is 0.361 e. The number of aromatic nitrogens is 6. The summed E-state index contributed by atoms with van der Waals surface area (Å²) in [5, 5.41) is 9.14. The second-order valence-electron chi connectivity index (χ2n) is 9.21. The predicted octanol–water partition coefficient (Wildman–Crippen LogP) is 4.58. The normalized spacial score (nSPS) is 11.8. The first-order valence-corrected chi connectivity index (χ1v) is 12.8. The van der Waals surface area contributed by atoms with Gasteiger partial charge in [0.25, 0.3) is 5.56 Å². The summed E-state index contributed by atoms with van der Waals surface area (Å²) in [5.41, 5.74) is 2.34. The number of nitrogens with one attached hydrogen (secondary N) is 2. The molecule has 4 heterocycles. The average molecular weight is 548 g/mol. The van der Waals surface area contributed by atoms with E-state index in [0.717, 1.165) is 5.56 Å². The Hall–Kier alpha value is -5.20. The van der Waals surface area contributed by atoms with Crippen molar-refractivity contribution in [1.29, 1.82) is 0 Å². The van der Waals surface area contributed by atoms with Crippen LogP contribution in [-0.2, 0) is 7.05 Å². The van der Waals surface area contributed by atoms with Gasteiger partial charge in [-0.25, -0.2) is 9.97 Å². The van der Waals surface area contributed by atoms with Crippen LogP contribution in [0.15, 0.2) is 89.1 Å². The summed E-state index contributed by atoms with van der Waals surface area (Å²) in [7, 11) is 1.82. The van der Waals surface area contributed by atoms with Crippen LogP contribution in [0.4, 0.5) is 5.82 Å². The van der Waals surface area contributed by atoms with Crippen LogP contribution >= 0.6 is 11.6 Å². The molecule has 0 radical (unpaired) electrons. The van der Waals surface area contributed by atoms with Gasteiger partial charge in [0.05, 0.1) is 33.9 Å². The third kappa shape index (κ3) is 4.40. The van der Waals surface area contributed by atoms with Crippen LogP contribution < -0.4 is 16.3 Å². The number of aryl methyl sites for hydroxylation is 1. The number of pyridine rings is 2. The number of rotatable bonds is 4. The molecule has 4 aromatic heterocycles. The lowest BCUT2D eigenvalue weighted by molar-refractivity contribution is 0.767. The van der Waals surface area contributed by atoms with Gasteiger partial charge in [-0.3, -0.25) is 18.8 Å². The number of para-hydroxylation sites is 1. The van der Waals surface area contributed by atoms with E-state index in [4.69, 9.17) is 11.6 Å². The lowest BCUT2D eigenvalue weighted by Crippen LogP contribution is -2.27. The van der Waals surface area contributed by atoms with Gasteiger partial charge in [-0.15, -0.1) is 0 Å². The molecule has 9 nitrogen and oxygen atoms in total. The van der Waals surface area contributed by atoms with Crippen LogP contribution in [0, 0.1) is 11.8 Å². The summed E-state index contributed by atoms with van der Waals surface area (Å²) >= 11 is 7.11. The SMILES string of the molecule is C[C@H](Nc1ncnc2[nH]ccc(=O)c12)c1c(Cl)c2cccc(C#Cc3cnn(C)c3)c2c(=O)n1-c1ccccc1. The molecule has 196 valence electrons. The Morgan fingerprint density at radius 3 is 2.60 bits per heavy atom. The van der Waals surface area contributed by atoms with E-state index < -0.39 is 6.04 Å². The standard InChI is InChI=1S/C30H22ClN7O2/c1-18(36-29-25-23(39)13-14-32-28(25)33-17-34-29)27-26(31)22-10-6-7-20(12-11-19-15-35-37(2)16-19)24(22)30(40)38(27)21-8-4-3-5-9-21/h3-10,13-18H,1-2H3,(H2,32,33,34,36,39)/t18-/m0/s1. The molecule has 6 rings (SSSR count). The van der Waals surface area contributed by atoms with Crippen molar-refractivity contribution in [2.75, 3.05) is 5.32 Å². The van der Waals surface area contributed by atoms with E-state index in [2.05, 4.69) is 37.2 Å². The van der Waals surface area contributed by atoms with Crippen molar-refractivity contribution < 1.29 is 0 Å². The highest BCUT2D eigenvalue weighted by molar-refractivity contribution is 6.36. The van der Waals surface area contributed by atoms with Crippen molar-refractivity contribution in [3.63, 3.8) is 0 Å². The van der Waals surface area contributed by atoms with Crippen molar-refractivity contribution in [2.45, 2.75) is 13.0 Å². The molecule has 0 fully saturated rings. The van der Waals surface area contributed by atoms with Gasteiger partial charge in [-0.2, -0.15) is 5.10 Å². The highest BCUT2D eigenvalue weighted by atomic mass is 35.5. The number of hydrogen-bond acceptors (Lipinski definition) is 6. The van der Waals surface area contributed by atoms with Crippen LogP contribution in [0.25, 0.3) is 27.5 Å². The van der Waals surface area contributed by atoms with Crippen LogP contribution in [0.2, 0.25) is 5.02 Å². The van der Waals surface area contributed by atoms with Crippen LogP contribution in [0.1, 0.15) is 29.8 Å². The molecule has 0 spiro atoms. The number of hydrogen-bond donors (Lipinski definition) is 2. The first-order valence-electron chi connectivity index (χ1n) is 12.4. The van der Waals surface area contributed by atoms with Gasteiger partial charge in [0.2, 0.25) is 0 Å². The summed E-state index contributed by atoms with van der Waals surface area (Å²) in [5.74, 6) is 6.55. The molecule has 0 amide bonds. The van der Waals surface area contributed by atoms with Gasteiger partial charge in [0.15, 0.2) is 5.43 Å². The van der Waals surface area contributed by atoms with Gasteiger partial charge in [0.1, 0.15) is 23.2 Å². The lowest BCUT2D eigenvalue weighted by atomic mass is 10.0. The summed E-state index contributed by atoms with van der Waals surface area (Å²) in [6.07, 6.45) is 6.38. The van der Waals surface area contributed by atoms with E-state index in [0.29, 0.717) is 49.6 Å². The van der Waals surface area contributed by atoms with Crippen LogP contribution in [0.3, 0.4) is 0 Å². The Balaban J connectivity index is 1.58. The summed E-state index contributed by atoms with van der Waals surface area (Å²) in [4.78, 5) is 38.4. The van der Waals surface area contributed by atoms with E-state index in [1.54, 1.807) is 27.7 Å². The molecule has 0 aliphatic rings. The highest BCUT2D eigenvalue weighted by Crippen LogP contribution is 2.34. The maximum atomic E-state index is 14.3. The number of anilines is 1. The molecule has 2 N–H and O–H groups in total.